The van der Waals surface area contributed by atoms with Crippen molar-refractivity contribution in [3.63, 3.8) is 0 Å². The van der Waals surface area contributed by atoms with Crippen molar-refractivity contribution in [2.75, 3.05) is 18.0 Å². The molecule has 1 heterocycles. The molecule has 0 bridgehead atoms. The summed E-state index contributed by atoms with van der Waals surface area (Å²) < 4.78 is 0. The van der Waals surface area contributed by atoms with Crippen molar-refractivity contribution in [3.8, 4) is 0 Å². The topological polar surface area (TPSA) is 15.3 Å². The minimum atomic E-state index is 0.579. The first-order chi connectivity index (χ1) is 7.59. The number of nitrogens with one attached hydrogen (secondary N) is 1. The zero-order chi connectivity index (χ0) is 11.7. The molecule has 2 unspecified atom stereocenters. The van der Waals surface area contributed by atoms with Gasteiger partial charge in [-0.2, -0.15) is 0 Å². The first-order valence-electron chi connectivity index (χ1n) is 6.16. The maximum atomic E-state index is 3.53. The summed E-state index contributed by atoms with van der Waals surface area (Å²) in [7, 11) is 0. The maximum absolute atomic E-state index is 3.53. The van der Waals surface area contributed by atoms with Crippen LogP contribution in [0.3, 0.4) is 0 Å². The molecule has 1 aromatic carbocycles. The van der Waals surface area contributed by atoms with E-state index in [9.17, 15) is 0 Å². The number of piperazine rings is 1. The zero-order valence-corrected chi connectivity index (χ0v) is 10.7. The molecule has 1 saturated heterocycles. The molecule has 88 valence electrons. The summed E-state index contributed by atoms with van der Waals surface area (Å²) in [4.78, 5) is 2.55. The van der Waals surface area contributed by atoms with Crippen molar-refractivity contribution in [2.24, 2.45) is 0 Å². The Balaban J connectivity index is 2.35. The van der Waals surface area contributed by atoms with Gasteiger partial charge in [0, 0.05) is 30.9 Å². The first-order valence-corrected chi connectivity index (χ1v) is 6.16. The molecule has 16 heavy (non-hydrogen) atoms. The van der Waals surface area contributed by atoms with Crippen LogP contribution >= 0.6 is 0 Å². The zero-order valence-electron chi connectivity index (χ0n) is 10.7. The van der Waals surface area contributed by atoms with E-state index in [1.165, 1.54) is 16.8 Å². The number of benzene rings is 1. The number of nitrogens with zero attached hydrogens (tertiary/aromatic N) is 1. The van der Waals surface area contributed by atoms with E-state index in [0.717, 1.165) is 13.1 Å². The molecule has 2 nitrogen and oxygen atoms in total. The molecule has 0 radical (unpaired) electrons. The average Bonchev–Trinajstić information content (AvgIpc) is 2.23. The van der Waals surface area contributed by atoms with Crippen LogP contribution < -0.4 is 10.2 Å². The second-order valence-electron chi connectivity index (χ2n) is 5.05. The third kappa shape index (κ3) is 2.07. The van der Waals surface area contributed by atoms with Crippen LogP contribution in [0.4, 0.5) is 5.69 Å². The van der Waals surface area contributed by atoms with E-state index in [2.05, 4.69) is 56.1 Å². The average molecular weight is 218 g/mol. The molecule has 1 N–H and O–H groups in total. The van der Waals surface area contributed by atoms with Gasteiger partial charge < -0.3 is 10.2 Å². The van der Waals surface area contributed by atoms with Gasteiger partial charge in [0.15, 0.2) is 0 Å². The van der Waals surface area contributed by atoms with Crippen molar-refractivity contribution >= 4 is 5.69 Å². The van der Waals surface area contributed by atoms with E-state index in [1.54, 1.807) is 0 Å². The number of para-hydroxylation sites is 1. The minimum Gasteiger partial charge on any atom is -0.366 e. The first kappa shape index (κ1) is 11.5. The van der Waals surface area contributed by atoms with Gasteiger partial charge in [-0.25, -0.2) is 0 Å². The summed E-state index contributed by atoms with van der Waals surface area (Å²) in [6, 6.07) is 7.72. The van der Waals surface area contributed by atoms with Crippen LogP contribution in [0.15, 0.2) is 18.2 Å². The van der Waals surface area contributed by atoms with Gasteiger partial charge in [0.25, 0.3) is 0 Å². The SMILES string of the molecule is Cc1cccc(C)c1N1CC(C)NCC1C. The lowest BCUT2D eigenvalue weighted by Crippen LogP contribution is -2.54. The summed E-state index contributed by atoms with van der Waals surface area (Å²) in [6.07, 6.45) is 0. The summed E-state index contributed by atoms with van der Waals surface area (Å²) in [6.45, 7) is 11.2. The van der Waals surface area contributed by atoms with Crippen molar-refractivity contribution in [1.29, 1.82) is 0 Å². The Morgan fingerprint density at radius 2 is 1.81 bits per heavy atom. The molecule has 2 rings (SSSR count). The predicted octanol–water partition coefficient (Wildman–Crippen LogP) is 2.49. The number of rotatable bonds is 1. The summed E-state index contributed by atoms with van der Waals surface area (Å²) in [5, 5.41) is 3.53. The van der Waals surface area contributed by atoms with Crippen LogP contribution in [0, 0.1) is 13.8 Å². The molecule has 0 saturated carbocycles. The fourth-order valence-corrected chi connectivity index (χ4v) is 2.59. The lowest BCUT2D eigenvalue weighted by atomic mass is 10.0. The normalized spacial score (nSPS) is 25.9. The Kier molecular flexibility index (Phi) is 3.20. The molecule has 2 heteroatoms. The number of anilines is 1. The second-order valence-corrected chi connectivity index (χ2v) is 5.05. The molecule has 0 aromatic heterocycles. The number of hydrogen-bond donors (Lipinski definition) is 1. The highest BCUT2D eigenvalue weighted by atomic mass is 15.2. The third-order valence-electron chi connectivity index (χ3n) is 3.49. The van der Waals surface area contributed by atoms with Gasteiger partial charge in [0.2, 0.25) is 0 Å². The highest BCUT2D eigenvalue weighted by molar-refractivity contribution is 5.60. The van der Waals surface area contributed by atoms with Gasteiger partial charge in [-0.05, 0) is 38.8 Å². The summed E-state index contributed by atoms with van der Waals surface area (Å²) in [5.74, 6) is 0. The van der Waals surface area contributed by atoms with Crippen molar-refractivity contribution in [1.82, 2.24) is 5.32 Å². The molecule has 1 aliphatic rings. The van der Waals surface area contributed by atoms with Crippen LogP contribution in [0.2, 0.25) is 0 Å². The lowest BCUT2D eigenvalue weighted by molar-refractivity contribution is 0.424. The molecule has 0 aliphatic carbocycles. The molecular weight excluding hydrogens is 196 g/mol. The molecule has 1 aliphatic heterocycles. The smallest absolute Gasteiger partial charge is 0.0429 e. The van der Waals surface area contributed by atoms with E-state index in [1.807, 2.05) is 0 Å². The van der Waals surface area contributed by atoms with Crippen molar-refractivity contribution in [3.05, 3.63) is 29.3 Å². The molecule has 1 fully saturated rings. The van der Waals surface area contributed by atoms with Gasteiger partial charge in [0.1, 0.15) is 0 Å². The van der Waals surface area contributed by atoms with Crippen molar-refractivity contribution < 1.29 is 0 Å². The number of aryl methyl sites for hydroxylation is 2. The van der Waals surface area contributed by atoms with Crippen LogP contribution in [-0.2, 0) is 0 Å². The van der Waals surface area contributed by atoms with E-state index >= 15 is 0 Å². The van der Waals surface area contributed by atoms with E-state index < -0.39 is 0 Å². The van der Waals surface area contributed by atoms with Gasteiger partial charge in [0.05, 0.1) is 0 Å². The molecule has 0 amide bonds. The number of hydrogen-bond acceptors (Lipinski definition) is 2. The van der Waals surface area contributed by atoms with Crippen LogP contribution in [0.1, 0.15) is 25.0 Å². The highest BCUT2D eigenvalue weighted by Crippen LogP contribution is 2.27. The highest BCUT2D eigenvalue weighted by Gasteiger charge is 2.24. The quantitative estimate of drug-likeness (QED) is 0.779. The van der Waals surface area contributed by atoms with Gasteiger partial charge >= 0.3 is 0 Å². The third-order valence-corrected chi connectivity index (χ3v) is 3.49. The van der Waals surface area contributed by atoms with Gasteiger partial charge in [-0.3, -0.25) is 0 Å². The Bertz CT molecular complexity index is 353. The van der Waals surface area contributed by atoms with Crippen LogP contribution in [0.25, 0.3) is 0 Å². The largest absolute Gasteiger partial charge is 0.366 e. The molecule has 0 spiro atoms. The fourth-order valence-electron chi connectivity index (χ4n) is 2.59. The van der Waals surface area contributed by atoms with Crippen LogP contribution in [0.5, 0.6) is 0 Å². The Hall–Kier alpha value is -1.02. The van der Waals surface area contributed by atoms with Gasteiger partial charge in [-0.1, -0.05) is 18.2 Å². The minimum absolute atomic E-state index is 0.579. The van der Waals surface area contributed by atoms with E-state index in [4.69, 9.17) is 0 Å². The van der Waals surface area contributed by atoms with E-state index in [-0.39, 0.29) is 0 Å². The summed E-state index contributed by atoms with van der Waals surface area (Å²) >= 11 is 0. The Labute approximate surface area is 98.7 Å². The monoisotopic (exact) mass is 218 g/mol. The summed E-state index contributed by atoms with van der Waals surface area (Å²) in [5.41, 5.74) is 4.21. The molecule has 1 aromatic rings. The lowest BCUT2D eigenvalue weighted by Gasteiger charge is -2.40. The van der Waals surface area contributed by atoms with E-state index in [0.29, 0.717) is 12.1 Å². The predicted molar refractivity (Wildman–Crippen MR) is 70.2 cm³/mol. The second kappa shape index (κ2) is 4.46. The Morgan fingerprint density at radius 1 is 1.19 bits per heavy atom. The van der Waals surface area contributed by atoms with Gasteiger partial charge in [-0.15, -0.1) is 0 Å². The maximum Gasteiger partial charge on any atom is 0.0429 e. The van der Waals surface area contributed by atoms with Crippen LogP contribution in [-0.4, -0.2) is 25.2 Å². The molecular formula is C14H22N2. The van der Waals surface area contributed by atoms with Crippen molar-refractivity contribution in [2.45, 2.75) is 39.8 Å². The standard InChI is InChI=1S/C14H22N2/c1-10-6-5-7-11(2)14(10)16-9-12(3)15-8-13(16)4/h5-7,12-13,15H,8-9H2,1-4H3. The molecule has 2 atom stereocenters. The Morgan fingerprint density at radius 3 is 2.44 bits per heavy atom. The fraction of sp³-hybridized carbons (Fsp3) is 0.571.